The van der Waals surface area contributed by atoms with E-state index in [1.54, 1.807) is 0 Å². The van der Waals surface area contributed by atoms with Crippen LogP contribution >= 0.6 is 0 Å². The van der Waals surface area contributed by atoms with Gasteiger partial charge in [0.25, 0.3) is 0 Å². The summed E-state index contributed by atoms with van der Waals surface area (Å²) >= 11 is 0. The zero-order valence-corrected chi connectivity index (χ0v) is 25.8. The molecule has 0 bridgehead atoms. The minimum Gasteiger partial charge on any atom is -0.381 e. The molecule has 0 aromatic heterocycles. The molecule has 0 amide bonds. The number of hydrogen-bond donors (Lipinski definition) is 1. The van der Waals surface area contributed by atoms with Crippen molar-refractivity contribution in [2.24, 2.45) is 10.8 Å². The predicted octanol–water partition coefficient (Wildman–Crippen LogP) is 6.03. The fourth-order valence-corrected chi connectivity index (χ4v) is 7.23. The highest BCUT2D eigenvalue weighted by molar-refractivity contribution is 4.90. The van der Waals surface area contributed by atoms with Crippen molar-refractivity contribution >= 4 is 0 Å². The van der Waals surface area contributed by atoms with Crippen LogP contribution in [0, 0.1) is 10.8 Å². The largest absolute Gasteiger partial charge is 0.381 e. The van der Waals surface area contributed by atoms with E-state index in [1.165, 1.54) is 123 Å². The second-order valence-electron chi connectivity index (χ2n) is 13.8. The van der Waals surface area contributed by atoms with Crippen LogP contribution in [-0.4, -0.2) is 98.4 Å². The number of nitrogens with zero attached hydrogens (tertiary/aromatic N) is 3. The van der Waals surface area contributed by atoms with Crippen molar-refractivity contribution in [3.05, 3.63) is 0 Å². The first-order valence-corrected chi connectivity index (χ1v) is 16.2. The summed E-state index contributed by atoms with van der Waals surface area (Å²) in [5.41, 5.74) is 1.38. The summed E-state index contributed by atoms with van der Waals surface area (Å²) < 4.78 is 5.46. The Kier molecular flexibility index (Phi) is 13.2. The molecule has 5 heterocycles. The van der Waals surface area contributed by atoms with Crippen molar-refractivity contribution in [1.29, 1.82) is 0 Å². The number of hydrogen-bond acceptors (Lipinski definition) is 5. The summed E-state index contributed by atoms with van der Waals surface area (Å²) in [4.78, 5) is 7.80. The molecule has 5 aliphatic heterocycles. The van der Waals surface area contributed by atoms with E-state index < -0.39 is 0 Å². The highest BCUT2D eigenvalue weighted by atomic mass is 16.5. The van der Waals surface area contributed by atoms with Gasteiger partial charge in [0.1, 0.15) is 0 Å². The Morgan fingerprint density at radius 2 is 0.865 bits per heavy atom. The van der Waals surface area contributed by atoms with Crippen molar-refractivity contribution in [3.63, 3.8) is 0 Å². The molecule has 2 spiro atoms. The van der Waals surface area contributed by atoms with E-state index in [1.807, 2.05) is 0 Å². The van der Waals surface area contributed by atoms with Gasteiger partial charge in [-0.05, 0) is 169 Å². The average molecular weight is 521 g/mol. The minimum absolute atomic E-state index is 0.656. The maximum atomic E-state index is 5.46. The highest BCUT2D eigenvalue weighted by Crippen LogP contribution is 2.41. The molecular weight excluding hydrogens is 456 g/mol. The topological polar surface area (TPSA) is 31.0 Å². The molecule has 0 aromatic rings. The monoisotopic (exact) mass is 521 g/mol. The van der Waals surface area contributed by atoms with Crippen LogP contribution in [0.15, 0.2) is 0 Å². The molecule has 0 aliphatic carbocycles. The van der Waals surface area contributed by atoms with Gasteiger partial charge in [0.05, 0.1) is 0 Å². The maximum absolute atomic E-state index is 5.46. The molecule has 5 nitrogen and oxygen atoms in total. The molecule has 0 unspecified atom stereocenters. The molecule has 5 saturated heterocycles. The van der Waals surface area contributed by atoms with E-state index in [9.17, 15) is 0 Å². The summed E-state index contributed by atoms with van der Waals surface area (Å²) in [5, 5.41) is 3.48. The Balaban J connectivity index is 0.000000159. The zero-order chi connectivity index (χ0) is 26.7. The quantitative estimate of drug-likeness (QED) is 0.491. The van der Waals surface area contributed by atoms with Gasteiger partial charge < -0.3 is 24.8 Å². The molecule has 0 saturated carbocycles. The van der Waals surface area contributed by atoms with Crippen molar-refractivity contribution in [3.8, 4) is 0 Å². The molecule has 5 aliphatic rings. The normalized spacial score (nSPS) is 27.2. The molecule has 5 heteroatoms. The second kappa shape index (κ2) is 15.6. The average Bonchev–Trinajstić information content (AvgIpc) is 2.91. The van der Waals surface area contributed by atoms with E-state index in [0.717, 1.165) is 36.8 Å². The van der Waals surface area contributed by atoms with E-state index in [4.69, 9.17) is 4.74 Å². The van der Waals surface area contributed by atoms with Crippen LogP contribution in [0.5, 0.6) is 0 Å². The SMILES string of the molecule is CC(C)N1CCC2(CCNCC2)CC1.CC(C)N1CCC2(CCOCC2)CC1.CC(C)N1CCCCC1. The molecule has 0 atom stereocenters. The van der Waals surface area contributed by atoms with Crippen molar-refractivity contribution in [2.75, 3.05) is 65.6 Å². The second-order valence-corrected chi connectivity index (χ2v) is 13.8. The van der Waals surface area contributed by atoms with Crippen LogP contribution in [0.25, 0.3) is 0 Å². The van der Waals surface area contributed by atoms with E-state index in [2.05, 4.69) is 61.6 Å². The maximum Gasteiger partial charge on any atom is 0.0471 e. The number of rotatable bonds is 3. The molecule has 37 heavy (non-hydrogen) atoms. The molecule has 218 valence electrons. The van der Waals surface area contributed by atoms with E-state index in [-0.39, 0.29) is 0 Å². The Labute approximate surface area is 231 Å². The fraction of sp³-hybridized carbons (Fsp3) is 1.00. The number of piperidine rings is 4. The Bertz CT molecular complexity index is 542. The van der Waals surface area contributed by atoms with Gasteiger partial charge in [0.2, 0.25) is 0 Å². The summed E-state index contributed by atoms with van der Waals surface area (Å²) in [7, 11) is 0. The molecule has 0 radical (unpaired) electrons. The van der Waals surface area contributed by atoms with Gasteiger partial charge in [-0.2, -0.15) is 0 Å². The first-order chi connectivity index (χ1) is 17.7. The first-order valence-electron chi connectivity index (χ1n) is 16.2. The van der Waals surface area contributed by atoms with Crippen LogP contribution in [0.4, 0.5) is 0 Å². The third-order valence-electron chi connectivity index (χ3n) is 10.5. The lowest BCUT2D eigenvalue weighted by Gasteiger charge is -2.45. The lowest BCUT2D eigenvalue weighted by atomic mass is 9.71. The molecule has 5 fully saturated rings. The summed E-state index contributed by atoms with van der Waals surface area (Å²) in [6.45, 7) is 26.3. The van der Waals surface area contributed by atoms with E-state index in [0.29, 0.717) is 5.41 Å². The van der Waals surface area contributed by atoms with Crippen molar-refractivity contribution < 1.29 is 4.74 Å². The van der Waals surface area contributed by atoms with Gasteiger partial charge in [-0.15, -0.1) is 0 Å². The number of likely N-dealkylation sites (tertiary alicyclic amines) is 3. The molecule has 5 rings (SSSR count). The number of nitrogens with one attached hydrogen (secondary N) is 1. The van der Waals surface area contributed by atoms with Crippen molar-refractivity contribution in [2.45, 2.75) is 130 Å². The Morgan fingerprint density at radius 3 is 1.24 bits per heavy atom. The van der Waals surface area contributed by atoms with Crippen LogP contribution in [-0.2, 0) is 4.74 Å². The van der Waals surface area contributed by atoms with Gasteiger partial charge >= 0.3 is 0 Å². The summed E-state index contributed by atoms with van der Waals surface area (Å²) in [5.74, 6) is 0. The first kappa shape index (κ1) is 31.3. The van der Waals surface area contributed by atoms with Crippen LogP contribution in [0.2, 0.25) is 0 Å². The summed E-state index contributed by atoms with van der Waals surface area (Å²) in [6.07, 6.45) is 15.4. The third kappa shape index (κ3) is 10.0. The lowest BCUT2D eigenvalue weighted by Crippen LogP contribution is -2.47. The van der Waals surface area contributed by atoms with E-state index >= 15 is 0 Å². The smallest absolute Gasteiger partial charge is 0.0471 e. The van der Waals surface area contributed by atoms with Gasteiger partial charge in [0.15, 0.2) is 0 Å². The van der Waals surface area contributed by atoms with Crippen molar-refractivity contribution in [1.82, 2.24) is 20.0 Å². The zero-order valence-electron chi connectivity index (χ0n) is 25.8. The Hall–Kier alpha value is -0.200. The third-order valence-corrected chi connectivity index (χ3v) is 10.5. The van der Waals surface area contributed by atoms with Crippen LogP contribution < -0.4 is 5.32 Å². The molecular formula is C32H64N4O. The molecule has 0 aromatic carbocycles. The lowest BCUT2D eigenvalue weighted by molar-refractivity contribution is -0.0251. The van der Waals surface area contributed by atoms with Crippen LogP contribution in [0.3, 0.4) is 0 Å². The molecule has 1 N–H and O–H groups in total. The minimum atomic E-state index is 0.656. The summed E-state index contributed by atoms with van der Waals surface area (Å²) in [6, 6.07) is 2.24. The van der Waals surface area contributed by atoms with Gasteiger partial charge in [-0.1, -0.05) is 6.42 Å². The van der Waals surface area contributed by atoms with Gasteiger partial charge in [0, 0.05) is 31.3 Å². The van der Waals surface area contributed by atoms with Gasteiger partial charge in [-0.25, -0.2) is 0 Å². The highest BCUT2D eigenvalue weighted by Gasteiger charge is 2.37. The standard InChI is InChI=1S/C12H24N2.C12H23NO.C8H17N/c1-11(2)14-9-5-12(6-10-14)3-7-13-8-4-12;1-11(2)13-7-3-12(4-8-13)5-9-14-10-6-12;1-8(2)9-6-4-3-5-7-9/h11,13H,3-10H2,1-2H3;11H,3-10H2,1-2H3;8H,3-7H2,1-2H3. The van der Waals surface area contributed by atoms with Gasteiger partial charge in [-0.3, -0.25) is 0 Å². The number of ether oxygens (including phenoxy) is 1. The fourth-order valence-electron chi connectivity index (χ4n) is 7.23. The van der Waals surface area contributed by atoms with Crippen LogP contribution in [0.1, 0.15) is 112 Å². The Morgan fingerprint density at radius 1 is 0.486 bits per heavy atom. The predicted molar refractivity (Wildman–Crippen MR) is 159 cm³/mol.